The number of nitro groups is 1. The Hall–Kier alpha value is -3.73. The van der Waals surface area contributed by atoms with E-state index >= 15 is 0 Å². The van der Waals surface area contributed by atoms with Gasteiger partial charge in [-0.2, -0.15) is 0 Å². The molecule has 3 heterocycles. The van der Waals surface area contributed by atoms with E-state index < -0.39 is 22.7 Å². The number of rotatable bonds is 9. The van der Waals surface area contributed by atoms with Crippen molar-refractivity contribution in [1.29, 1.82) is 0 Å². The van der Waals surface area contributed by atoms with Crippen LogP contribution in [0.5, 0.6) is 11.5 Å². The van der Waals surface area contributed by atoms with Crippen LogP contribution in [0, 0.1) is 21.8 Å². The smallest absolute Gasteiger partial charge is 0.406 e. The van der Waals surface area contributed by atoms with Gasteiger partial charge in [-0.1, -0.05) is 4.68 Å². The molecule has 2 atom stereocenters. The summed E-state index contributed by atoms with van der Waals surface area (Å²) in [4.78, 5) is 19.3. The van der Waals surface area contributed by atoms with Crippen molar-refractivity contribution in [1.82, 2.24) is 9.97 Å². The van der Waals surface area contributed by atoms with Gasteiger partial charge < -0.3 is 19.6 Å². The van der Waals surface area contributed by atoms with Crippen LogP contribution in [0.15, 0.2) is 52.3 Å². The van der Waals surface area contributed by atoms with Crippen molar-refractivity contribution in [2.45, 2.75) is 26.4 Å². The number of hydrogen-bond acceptors (Lipinski definition) is 7. The molecule has 1 unspecified atom stereocenters. The van der Waals surface area contributed by atoms with Crippen molar-refractivity contribution >= 4 is 34.2 Å². The fourth-order valence-corrected chi connectivity index (χ4v) is 4.38. The molecule has 36 heavy (non-hydrogen) atoms. The minimum Gasteiger partial charge on any atom is -0.496 e. The molecule has 2 aromatic heterocycles. The first kappa shape index (κ1) is 25.4. The Morgan fingerprint density at radius 1 is 1.25 bits per heavy atom. The summed E-state index contributed by atoms with van der Waals surface area (Å²) in [6, 6.07) is 7.58. The molecule has 0 radical (unpaired) electrons. The monoisotopic (exact) mass is 556 g/mol. The second-order valence-corrected chi connectivity index (χ2v) is 9.02. The van der Waals surface area contributed by atoms with Crippen LogP contribution in [0.4, 0.5) is 10.2 Å². The highest BCUT2D eigenvalue weighted by Gasteiger charge is 2.26. The third-order valence-corrected chi connectivity index (χ3v) is 6.18. The Balaban J connectivity index is 1.77. The van der Waals surface area contributed by atoms with Crippen LogP contribution >= 0.6 is 15.9 Å². The molecule has 0 fully saturated rings. The molecule has 1 aliphatic heterocycles. The lowest BCUT2D eigenvalue weighted by molar-refractivity contribution is -0.522. The first-order valence-corrected chi connectivity index (χ1v) is 12.0. The maximum Gasteiger partial charge on any atom is 0.406 e. The van der Waals surface area contributed by atoms with E-state index in [0.29, 0.717) is 33.5 Å². The van der Waals surface area contributed by atoms with E-state index in [2.05, 4.69) is 31.0 Å². The Morgan fingerprint density at radius 2 is 2.06 bits per heavy atom. The second-order valence-electron chi connectivity index (χ2n) is 8.10. The van der Waals surface area contributed by atoms with E-state index in [0.717, 1.165) is 12.1 Å². The number of aromatic nitrogens is 2. The fraction of sp³-hybridized carbons (Fsp3) is 0.280. The number of pyridine rings is 2. The highest BCUT2D eigenvalue weighted by molar-refractivity contribution is 9.10. The number of benzene rings is 1. The Kier molecular flexibility index (Phi) is 7.68. The molecule has 0 saturated heterocycles. The van der Waals surface area contributed by atoms with Gasteiger partial charge in [-0.05, 0) is 75.5 Å². The van der Waals surface area contributed by atoms with Gasteiger partial charge in [0.2, 0.25) is 5.75 Å². The number of nitrogens with zero attached hydrogens (tertiary/aromatic N) is 5. The predicted octanol–water partition coefficient (Wildman–Crippen LogP) is 5.36. The quantitative estimate of drug-likeness (QED) is 0.199. The molecule has 0 amide bonds. The lowest BCUT2D eigenvalue weighted by Gasteiger charge is -2.20. The van der Waals surface area contributed by atoms with Crippen LogP contribution < -0.4 is 9.47 Å². The van der Waals surface area contributed by atoms with Gasteiger partial charge in [-0.3, -0.25) is 4.98 Å². The summed E-state index contributed by atoms with van der Waals surface area (Å²) in [5.74, 6) is -0.250. The summed E-state index contributed by atoms with van der Waals surface area (Å²) < 4.78 is 28.4. The van der Waals surface area contributed by atoms with E-state index in [-0.39, 0.29) is 11.7 Å². The maximum atomic E-state index is 14.4. The van der Waals surface area contributed by atoms with Gasteiger partial charge in [0.05, 0.1) is 29.4 Å². The molecule has 0 N–H and O–H groups in total. The molecule has 0 aliphatic carbocycles. The molecule has 0 saturated carbocycles. The number of methoxy groups -OCH3 is 1. The average Bonchev–Trinajstić information content (AvgIpc) is 3.32. The van der Waals surface area contributed by atoms with Gasteiger partial charge in [0.25, 0.3) is 0 Å². The van der Waals surface area contributed by atoms with Crippen molar-refractivity contribution < 1.29 is 23.5 Å². The van der Waals surface area contributed by atoms with Crippen molar-refractivity contribution in [3.05, 3.63) is 74.3 Å². The van der Waals surface area contributed by atoms with Crippen LogP contribution in [-0.4, -0.2) is 45.7 Å². The number of hydrazone groups is 1. The van der Waals surface area contributed by atoms with Crippen LogP contribution in [0.1, 0.15) is 31.1 Å². The van der Waals surface area contributed by atoms with Gasteiger partial charge in [-0.15, -0.1) is 0 Å². The number of halogens is 2. The molecule has 1 aromatic carbocycles. The zero-order valence-electron chi connectivity index (χ0n) is 19.9. The lowest BCUT2D eigenvalue weighted by atomic mass is 9.92. The topological polar surface area (TPSA) is 103 Å². The van der Waals surface area contributed by atoms with Crippen LogP contribution in [0.25, 0.3) is 11.3 Å². The Bertz CT molecular complexity index is 1360. The third-order valence-electron chi connectivity index (χ3n) is 5.75. The van der Waals surface area contributed by atoms with Gasteiger partial charge in [0.1, 0.15) is 17.7 Å². The van der Waals surface area contributed by atoms with E-state index in [1.807, 2.05) is 24.0 Å². The molecule has 11 heteroatoms. The van der Waals surface area contributed by atoms with E-state index in [4.69, 9.17) is 9.47 Å². The van der Waals surface area contributed by atoms with E-state index in [1.165, 1.54) is 24.4 Å². The van der Waals surface area contributed by atoms with Gasteiger partial charge in [0, 0.05) is 29.0 Å². The van der Waals surface area contributed by atoms with Crippen LogP contribution in [0.3, 0.4) is 0 Å². The third kappa shape index (κ3) is 5.40. The molecule has 1 aliphatic rings. The van der Waals surface area contributed by atoms with Gasteiger partial charge in [0.15, 0.2) is 19.0 Å². The average molecular weight is 557 g/mol. The summed E-state index contributed by atoms with van der Waals surface area (Å²) in [7, 11) is 1.59. The molecule has 3 aromatic rings. The first-order chi connectivity index (χ1) is 17.3. The molecule has 4 rings (SSSR count). The number of ether oxygens (including phenoxy) is 2. The Labute approximate surface area is 215 Å². The van der Waals surface area contributed by atoms with Crippen LogP contribution in [0.2, 0.25) is 0 Å². The predicted molar refractivity (Wildman–Crippen MR) is 136 cm³/mol. The maximum absolute atomic E-state index is 14.4. The molecule has 0 spiro atoms. The Morgan fingerprint density at radius 3 is 2.75 bits per heavy atom. The SMILES string of the molecule is CC[N+]1=CC(Cc2c(OC)ccnc2-c2ccc(F)cc2[C@@H](C)Oc2cc(Br)cnc2[N+](=O)[O-])C=N1. The van der Waals surface area contributed by atoms with Gasteiger partial charge in [-0.25, -0.2) is 4.39 Å². The summed E-state index contributed by atoms with van der Waals surface area (Å²) >= 11 is 3.26. The zero-order valence-corrected chi connectivity index (χ0v) is 21.5. The highest BCUT2D eigenvalue weighted by Crippen LogP contribution is 2.38. The number of hydrogen-bond donors (Lipinski definition) is 0. The van der Waals surface area contributed by atoms with Crippen molar-refractivity contribution in [3.8, 4) is 22.8 Å². The van der Waals surface area contributed by atoms with Crippen LogP contribution in [-0.2, 0) is 6.42 Å². The molecule has 0 bridgehead atoms. The summed E-state index contributed by atoms with van der Waals surface area (Å²) in [5.41, 5.74) is 2.55. The molecule has 9 nitrogen and oxygen atoms in total. The second kappa shape index (κ2) is 10.9. The minimum absolute atomic E-state index is 0.0349. The van der Waals surface area contributed by atoms with E-state index in [9.17, 15) is 14.5 Å². The largest absolute Gasteiger partial charge is 0.496 e. The molecular formula is C25H24BrFN5O4+. The lowest BCUT2D eigenvalue weighted by Crippen LogP contribution is -2.12. The van der Waals surface area contributed by atoms with Crippen molar-refractivity contribution in [2.24, 2.45) is 11.0 Å². The zero-order chi connectivity index (χ0) is 25.8. The normalized spacial score (nSPS) is 15.5. The van der Waals surface area contributed by atoms with Crippen molar-refractivity contribution in [2.75, 3.05) is 13.7 Å². The van der Waals surface area contributed by atoms with Gasteiger partial charge >= 0.3 is 5.82 Å². The van der Waals surface area contributed by atoms with E-state index in [1.54, 1.807) is 32.4 Å². The standard InChI is InChI=1S/C25H24BrFN5O4/c1-4-31-14-16(12-30-31)9-21-22(35-3)7-8-28-24(21)19-6-5-18(27)11-20(19)15(2)36-23-10-17(26)13-29-25(23)32(33)34/h5-8,10-16H,4,9H2,1-3H3/q+1/t15-,16?/m1/s1. The summed E-state index contributed by atoms with van der Waals surface area (Å²) in [5, 5.41) is 15.8. The highest BCUT2D eigenvalue weighted by atomic mass is 79.9. The minimum atomic E-state index is -0.762. The summed E-state index contributed by atoms with van der Waals surface area (Å²) in [6.07, 6.45) is 6.66. The molecular weight excluding hydrogens is 533 g/mol. The summed E-state index contributed by atoms with van der Waals surface area (Å²) in [6.45, 7) is 4.47. The fourth-order valence-electron chi connectivity index (χ4n) is 4.07. The molecule has 186 valence electrons. The van der Waals surface area contributed by atoms with Crippen molar-refractivity contribution in [3.63, 3.8) is 0 Å². The first-order valence-electron chi connectivity index (χ1n) is 11.2.